The molecule has 0 aromatic rings. The van der Waals surface area contributed by atoms with Crippen LogP contribution in [0.5, 0.6) is 0 Å². The molecule has 0 heterocycles. The van der Waals surface area contributed by atoms with E-state index in [4.69, 9.17) is 0 Å². The van der Waals surface area contributed by atoms with Crippen molar-refractivity contribution in [3.05, 3.63) is 12.2 Å². The highest BCUT2D eigenvalue weighted by atomic mass is 16.3. The molecule has 2 nitrogen and oxygen atoms in total. The number of aliphatic hydroxyl groups excluding tert-OH is 2. The molecule has 0 spiro atoms. The third-order valence-corrected chi connectivity index (χ3v) is 7.77. The minimum absolute atomic E-state index is 0.503. The van der Waals surface area contributed by atoms with Gasteiger partial charge in [0.25, 0.3) is 0 Å². The second-order valence-electron chi connectivity index (χ2n) is 11.8. The van der Waals surface area contributed by atoms with Crippen LogP contribution in [0.3, 0.4) is 0 Å². The minimum Gasteiger partial charge on any atom is -0.390 e. The summed E-state index contributed by atoms with van der Waals surface area (Å²) in [6, 6.07) is 0. The molecule has 0 bridgehead atoms. The smallest absolute Gasteiger partial charge is 0.0799 e. The predicted molar refractivity (Wildman–Crippen MR) is 173 cm³/mol. The topological polar surface area (TPSA) is 40.5 Å². The van der Waals surface area contributed by atoms with Crippen LogP contribution in [0, 0.1) is 0 Å². The van der Waals surface area contributed by atoms with Crippen LogP contribution in [0.15, 0.2) is 12.2 Å². The van der Waals surface area contributed by atoms with E-state index in [2.05, 4.69) is 39.8 Å². The van der Waals surface area contributed by atoms with E-state index in [1.54, 1.807) is 0 Å². The van der Waals surface area contributed by atoms with Crippen LogP contribution in [-0.4, -0.2) is 22.4 Å². The van der Waals surface area contributed by atoms with Gasteiger partial charge in [-0.15, -0.1) is 0 Å². The molecule has 0 saturated carbocycles. The van der Waals surface area contributed by atoms with Crippen molar-refractivity contribution < 1.29 is 10.2 Å². The molecular formula is C36H74O2. The number of hydrogen-bond donors (Lipinski definition) is 2. The number of aliphatic hydroxyl groups is 2. The van der Waals surface area contributed by atoms with Gasteiger partial charge in [0.1, 0.15) is 0 Å². The van der Waals surface area contributed by atoms with Crippen molar-refractivity contribution in [2.24, 2.45) is 0 Å². The Kier molecular flexibility index (Phi) is 38.4. The summed E-state index contributed by atoms with van der Waals surface area (Å²) in [5.41, 5.74) is 0. The number of hydrogen-bond acceptors (Lipinski definition) is 2. The summed E-state index contributed by atoms with van der Waals surface area (Å²) >= 11 is 0. The molecule has 0 aliphatic rings. The Hall–Kier alpha value is -0.340. The quantitative estimate of drug-likeness (QED) is 0.0734. The highest BCUT2D eigenvalue weighted by Gasteiger charge is 2.15. The molecule has 0 radical (unpaired) electrons. The average Bonchev–Trinajstić information content (AvgIpc) is 2.93. The van der Waals surface area contributed by atoms with Gasteiger partial charge in [0.15, 0.2) is 0 Å². The molecule has 0 aromatic heterocycles. The molecule has 0 aromatic carbocycles. The highest BCUT2D eigenvalue weighted by Crippen LogP contribution is 2.15. The summed E-state index contributed by atoms with van der Waals surface area (Å²) < 4.78 is 0. The summed E-state index contributed by atoms with van der Waals surface area (Å²) in [7, 11) is 0. The zero-order chi connectivity index (χ0) is 28.4. The summed E-state index contributed by atoms with van der Waals surface area (Å²) in [6.07, 6.45) is 39.8. The van der Waals surface area contributed by atoms with Gasteiger partial charge in [-0.25, -0.2) is 0 Å². The molecule has 0 amide bonds. The van der Waals surface area contributed by atoms with Gasteiger partial charge >= 0.3 is 0 Å². The van der Waals surface area contributed by atoms with E-state index in [1.165, 1.54) is 154 Å². The fraction of sp³-hybridized carbons (Fsp3) is 0.944. The summed E-state index contributed by atoms with van der Waals surface area (Å²) in [4.78, 5) is 0. The first-order chi connectivity index (χ1) is 18.6. The molecule has 2 unspecified atom stereocenters. The SMILES string of the molecule is CCCCCCCCC(O)C(O)CCCCCCCC.CCCCCCCCC=CCCCCCCCC. The minimum atomic E-state index is -0.503. The Morgan fingerprint density at radius 2 is 0.579 bits per heavy atom. The van der Waals surface area contributed by atoms with Crippen LogP contribution in [0.25, 0.3) is 0 Å². The Balaban J connectivity index is 0. The van der Waals surface area contributed by atoms with Crippen molar-refractivity contribution in [1.82, 2.24) is 0 Å². The van der Waals surface area contributed by atoms with Gasteiger partial charge in [0.05, 0.1) is 12.2 Å². The Morgan fingerprint density at radius 1 is 0.342 bits per heavy atom. The van der Waals surface area contributed by atoms with Gasteiger partial charge in [0, 0.05) is 0 Å². The first-order valence-corrected chi connectivity index (χ1v) is 17.6. The van der Waals surface area contributed by atoms with E-state index in [0.29, 0.717) is 0 Å². The van der Waals surface area contributed by atoms with E-state index in [1.807, 2.05) is 0 Å². The van der Waals surface area contributed by atoms with Crippen molar-refractivity contribution in [3.63, 3.8) is 0 Å². The zero-order valence-electron chi connectivity index (χ0n) is 27.0. The summed E-state index contributed by atoms with van der Waals surface area (Å²) in [6.45, 7) is 9.01. The van der Waals surface area contributed by atoms with E-state index >= 15 is 0 Å². The molecule has 0 aliphatic carbocycles. The van der Waals surface area contributed by atoms with Gasteiger partial charge in [-0.05, 0) is 38.5 Å². The average molecular weight is 539 g/mol. The lowest BCUT2D eigenvalue weighted by Crippen LogP contribution is -2.25. The molecule has 0 saturated heterocycles. The van der Waals surface area contributed by atoms with E-state index in [-0.39, 0.29) is 0 Å². The molecule has 2 heteroatoms. The summed E-state index contributed by atoms with van der Waals surface area (Å²) in [5.74, 6) is 0. The number of unbranched alkanes of at least 4 members (excludes halogenated alkanes) is 22. The molecule has 0 rings (SSSR count). The van der Waals surface area contributed by atoms with Gasteiger partial charge in [-0.1, -0.05) is 181 Å². The summed E-state index contributed by atoms with van der Waals surface area (Å²) in [5, 5.41) is 19.8. The van der Waals surface area contributed by atoms with Crippen LogP contribution in [0.1, 0.15) is 207 Å². The first-order valence-electron chi connectivity index (χ1n) is 17.6. The van der Waals surface area contributed by atoms with E-state index < -0.39 is 12.2 Å². The van der Waals surface area contributed by atoms with Crippen LogP contribution in [-0.2, 0) is 0 Å². The van der Waals surface area contributed by atoms with Crippen LogP contribution in [0.2, 0.25) is 0 Å². The first kappa shape index (κ1) is 39.8. The highest BCUT2D eigenvalue weighted by molar-refractivity contribution is 4.81. The molecular weight excluding hydrogens is 464 g/mol. The third-order valence-electron chi connectivity index (χ3n) is 7.77. The maximum atomic E-state index is 9.91. The lowest BCUT2D eigenvalue weighted by atomic mass is 10.00. The second kappa shape index (κ2) is 36.7. The number of allylic oxidation sites excluding steroid dienone is 2. The van der Waals surface area contributed by atoms with Gasteiger partial charge in [0.2, 0.25) is 0 Å². The van der Waals surface area contributed by atoms with E-state index in [9.17, 15) is 10.2 Å². The second-order valence-corrected chi connectivity index (χ2v) is 11.8. The Labute approximate surface area is 241 Å². The monoisotopic (exact) mass is 539 g/mol. The Morgan fingerprint density at radius 3 is 0.868 bits per heavy atom. The standard InChI is InChI=1S/C18H38O2.C18H36/c1-3-5-7-9-11-13-15-17(19)18(20)16-14-12-10-8-6-4-2;1-3-5-7-9-11-13-15-17-18-16-14-12-10-8-6-4-2/h17-20H,3-16H2,1-2H3;17-18H,3-16H2,1-2H3. The van der Waals surface area contributed by atoms with Gasteiger partial charge < -0.3 is 10.2 Å². The fourth-order valence-electron chi connectivity index (χ4n) is 4.97. The normalized spacial score (nSPS) is 13.0. The van der Waals surface area contributed by atoms with Crippen molar-refractivity contribution in [2.75, 3.05) is 0 Å². The van der Waals surface area contributed by atoms with Crippen molar-refractivity contribution in [2.45, 2.75) is 220 Å². The molecule has 230 valence electrons. The molecule has 38 heavy (non-hydrogen) atoms. The largest absolute Gasteiger partial charge is 0.390 e. The van der Waals surface area contributed by atoms with Gasteiger partial charge in [-0.3, -0.25) is 0 Å². The molecule has 2 atom stereocenters. The third kappa shape index (κ3) is 35.7. The van der Waals surface area contributed by atoms with Crippen LogP contribution in [0.4, 0.5) is 0 Å². The maximum Gasteiger partial charge on any atom is 0.0799 e. The zero-order valence-corrected chi connectivity index (χ0v) is 27.0. The van der Waals surface area contributed by atoms with E-state index in [0.717, 1.165) is 25.7 Å². The maximum absolute atomic E-state index is 9.91. The van der Waals surface area contributed by atoms with Gasteiger partial charge in [-0.2, -0.15) is 0 Å². The predicted octanol–water partition coefficient (Wildman–Crippen LogP) is 12.3. The van der Waals surface area contributed by atoms with Crippen molar-refractivity contribution in [3.8, 4) is 0 Å². The fourth-order valence-corrected chi connectivity index (χ4v) is 4.97. The van der Waals surface area contributed by atoms with Crippen molar-refractivity contribution in [1.29, 1.82) is 0 Å². The van der Waals surface area contributed by atoms with Crippen LogP contribution >= 0.6 is 0 Å². The molecule has 0 aliphatic heterocycles. The Bertz CT molecular complexity index is 382. The van der Waals surface area contributed by atoms with Crippen molar-refractivity contribution >= 4 is 0 Å². The van der Waals surface area contributed by atoms with Crippen LogP contribution < -0.4 is 0 Å². The lowest BCUT2D eigenvalue weighted by molar-refractivity contribution is 0.00712. The molecule has 0 fully saturated rings. The number of rotatable bonds is 29. The lowest BCUT2D eigenvalue weighted by Gasteiger charge is -2.17. The molecule has 2 N–H and O–H groups in total.